The molecule has 1 aliphatic heterocycles. The first-order chi connectivity index (χ1) is 27.8. The van der Waals surface area contributed by atoms with Crippen molar-refractivity contribution in [3.05, 3.63) is 41.6 Å². The summed E-state index contributed by atoms with van der Waals surface area (Å²) in [6, 6.07) is 7.20. The Morgan fingerprint density at radius 1 is 0.948 bits per heavy atom. The van der Waals surface area contributed by atoms with Crippen LogP contribution in [-0.2, 0) is 36.9 Å². The van der Waals surface area contributed by atoms with E-state index in [1.165, 1.54) is 0 Å². The first-order valence-corrected chi connectivity index (χ1v) is 20.3. The van der Waals surface area contributed by atoms with Crippen molar-refractivity contribution in [2.45, 2.75) is 104 Å². The monoisotopic (exact) mass is 809 g/mol. The van der Waals surface area contributed by atoms with Gasteiger partial charge in [-0.05, 0) is 64.2 Å². The molecule has 3 amide bonds. The summed E-state index contributed by atoms with van der Waals surface area (Å²) in [6.07, 6.45) is 6.19. The lowest BCUT2D eigenvalue weighted by Crippen LogP contribution is -2.48. The maximum absolute atomic E-state index is 12.9. The number of unbranched alkanes of at least 4 members (excludes halogenated alkanes) is 3. The third-order valence-corrected chi connectivity index (χ3v) is 9.69. The average Bonchev–Trinajstić information content (AvgIpc) is 3.57. The Morgan fingerprint density at radius 2 is 1.69 bits per heavy atom. The van der Waals surface area contributed by atoms with E-state index in [2.05, 4.69) is 60.5 Å². The van der Waals surface area contributed by atoms with E-state index in [1.807, 2.05) is 17.2 Å². The van der Waals surface area contributed by atoms with Crippen molar-refractivity contribution in [3.8, 4) is 5.75 Å². The Labute approximate surface area is 341 Å². The van der Waals surface area contributed by atoms with Crippen LogP contribution in [0.2, 0.25) is 0 Å². The molecule has 3 heterocycles. The Morgan fingerprint density at radius 3 is 2.40 bits per heavy atom. The number of amides is 3. The number of aromatic nitrogens is 3. The molecule has 4 rings (SSSR count). The van der Waals surface area contributed by atoms with Crippen LogP contribution in [0.4, 0.5) is 16.6 Å². The Balaban J connectivity index is 1.11. The van der Waals surface area contributed by atoms with E-state index in [4.69, 9.17) is 19.9 Å². The van der Waals surface area contributed by atoms with E-state index in [0.29, 0.717) is 39.0 Å². The maximum Gasteiger partial charge on any atom is 0.408 e. The molecule has 3 aromatic rings. The molecule has 1 saturated heterocycles. The van der Waals surface area contributed by atoms with Crippen LogP contribution in [0, 0.1) is 0 Å². The minimum atomic E-state index is -1.14. The lowest BCUT2D eigenvalue weighted by atomic mass is 10.1. The molecule has 6 N–H and O–H groups in total. The average molecular weight is 810 g/mol. The third-order valence-electron chi connectivity index (χ3n) is 9.69. The van der Waals surface area contributed by atoms with Gasteiger partial charge in [-0.2, -0.15) is 4.98 Å². The molecule has 58 heavy (non-hydrogen) atoms. The number of carbonyl (C=O) groups excluding carboxylic acids is 3. The summed E-state index contributed by atoms with van der Waals surface area (Å²) < 4.78 is 18.7. The van der Waals surface area contributed by atoms with Crippen LogP contribution in [-0.4, -0.2) is 125 Å². The topological polar surface area (TPSA) is 215 Å². The first kappa shape index (κ1) is 45.5. The summed E-state index contributed by atoms with van der Waals surface area (Å²) in [4.78, 5) is 61.6. The number of nitrogen functional groups attached to an aromatic ring is 1. The molecule has 17 nitrogen and oxygen atoms in total. The maximum atomic E-state index is 12.9. The third kappa shape index (κ3) is 15.0. The normalized spacial score (nSPS) is 13.9. The van der Waals surface area contributed by atoms with Gasteiger partial charge in [0.25, 0.3) is 0 Å². The molecule has 2 aromatic heterocycles. The van der Waals surface area contributed by atoms with E-state index < -0.39 is 23.7 Å². The number of anilines is 2. The summed E-state index contributed by atoms with van der Waals surface area (Å²) >= 11 is 0. The van der Waals surface area contributed by atoms with Crippen molar-refractivity contribution in [2.24, 2.45) is 0 Å². The van der Waals surface area contributed by atoms with E-state index in [0.717, 1.165) is 79.2 Å². The van der Waals surface area contributed by atoms with Crippen molar-refractivity contribution in [2.75, 3.05) is 70.6 Å². The molecular weight excluding hydrogens is 747 g/mol. The van der Waals surface area contributed by atoms with Crippen molar-refractivity contribution >= 4 is 46.7 Å². The van der Waals surface area contributed by atoms with Gasteiger partial charge < -0.3 is 50.5 Å². The van der Waals surface area contributed by atoms with Crippen molar-refractivity contribution < 1.29 is 38.5 Å². The number of carboxylic acid groups (broad SMARTS) is 1. The van der Waals surface area contributed by atoms with Crippen LogP contribution in [0.3, 0.4) is 0 Å². The number of hydrogen-bond donors (Lipinski definition) is 5. The molecule has 0 saturated carbocycles. The van der Waals surface area contributed by atoms with Gasteiger partial charge >= 0.3 is 12.1 Å². The van der Waals surface area contributed by atoms with Gasteiger partial charge in [-0.25, -0.2) is 14.6 Å². The number of hydrogen-bond acceptors (Lipinski definition) is 12. The number of carboxylic acids is 1. The summed E-state index contributed by atoms with van der Waals surface area (Å²) in [5.74, 6) is 0.479. The van der Waals surface area contributed by atoms with Crippen LogP contribution < -0.4 is 26.4 Å². The standard InChI is InChI=1S/C41H63N9O8/c1-6-7-9-18-44-37-36-31(45-39(42)47-37)14-19-50(36)28-30-13-12-29(26-33(30)56-5)27-48-20-22-49(23-21-48)35(52)16-25-57-24-15-34(51)43-17-10-8-11-32(38(53)54)46-40(55)58-41(2,3)4/h12-14,19,26,32H,6-11,15-18,20-25,27-28H2,1-5H3,(H,43,51)(H,46,55)(H,53,54)(H3,42,44,45,47). The number of nitrogens with zero attached hydrogens (tertiary/aromatic N) is 5. The molecule has 1 aromatic carbocycles. The summed E-state index contributed by atoms with van der Waals surface area (Å²) in [6.45, 7) is 13.0. The molecule has 0 aliphatic carbocycles. The van der Waals surface area contributed by atoms with Crippen LogP contribution in [0.5, 0.6) is 5.75 Å². The van der Waals surface area contributed by atoms with Gasteiger partial charge in [0.1, 0.15) is 22.9 Å². The fourth-order valence-corrected chi connectivity index (χ4v) is 6.66. The van der Waals surface area contributed by atoms with Gasteiger partial charge in [0.05, 0.1) is 38.8 Å². The quantitative estimate of drug-likeness (QED) is 0.0843. The minimum absolute atomic E-state index is 0.0286. The number of nitrogens with one attached hydrogen (secondary N) is 3. The molecule has 320 valence electrons. The fraction of sp³-hybridized carbons (Fsp3) is 0.610. The van der Waals surface area contributed by atoms with Gasteiger partial charge in [-0.3, -0.25) is 14.5 Å². The van der Waals surface area contributed by atoms with Crippen molar-refractivity contribution in [3.63, 3.8) is 0 Å². The number of benzene rings is 1. The summed E-state index contributed by atoms with van der Waals surface area (Å²) in [5, 5.41) is 18.0. The Hall–Kier alpha value is -5.16. The highest BCUT2D eigenvalue weighted by molar-refractivity contribution is 5.87. The molecule has 1 fully saturated rings. The number of methoxy groups -OCH3 is 1. The second-order valence-corrected chi connectivity index (χ2v) is 15.5. The molecule has 17 heteroatoms. The lowest BCUT2D eigenvalue weighted by molar-refractivity contribution is -0.139. The van der Waals surface area contributed by atoms with Crippen LogP contribution >= 0.6 is 0 Å². The number of aliphatic carboxylic acids is 1. The Bertz CT molecular complexity index is 1800. The second-order valence-electron chi connectivity index (χ2n) is 15.5. The van der Waals surface area contributed by atoms with Crippen molar-refractivity contribution in [1.29, 1.82) is 0 Å². The fourth-order valence-electron chi connectivity index (χ4n) is 6.66. The van der Waals surface area contributed by atoms with Gasteiger partial charge in [0.15, 0.2) is 5.82 Å². The molecule has 0 bridgehead atoms. The largest absolute Gasteiger partial charge is 0.496 e. The van der Waals surface area contributed by atoms with Gasteiger partial charge in [0.2, 0.25) is 17.8 Å². The van der Waals surface area contributed by atoms with E-state index in [-0.39, 0.29) is 50.2 Å². The predicted octanol–water partition coefficient (Wildman–Crippen LogP) is 4.38. The number of alkyl carbamates (subject to hydrolysis) is 1. The number of carbonyl (C=O) groups is 4. The number of ether oxygens (including phenoxy) is 3. The predicted molar refractivity (Wildman–Crippen MR) is 222 cm³/mol. The lowest BCUT2D eigenvalue weighted by Gasteiger charge is -2.35. The highest BCUT2D eigenvalue weighted by Gasteiger charge is 2.24. The van der Waals surface area contributed by atoms with Crippen LogP contribution in [0.15, 0.2) is 30.5 Å². The van der Waals surface area contributed by atoms with Gasteiger partial charge in [0, 0.05) is 64.0 Å². The zero-order valence-corrected chi connectivity index (χ0v) is 34.8. The van der Waals surface area contributed by atoms with Crippen LogP contribution in [0.1, 0.15) is 90.2 Å². The summed E-state index contributed by atoms with van der Waals surface area (Å²) in [7, 11) is 1.69. The van der Waals surface area contributed by atoms with E-state index >= 15 is 0 Å². The highest BCUT2D eigenvalue weighted by atomic mass is 16.6. The SMILES string of the molecule is CCCCCNc1nc(N)nc2ccn(Cc3ccc(CN4CCN(C(=O)CCOCCC(=O)NCCCCC(NC(=O)OC(C)(C)C)C(=O)O)CC4)cc3OC)c12. The zero-order valence-electron chi connectivity index (χ0n) is 34.8. The van der Waals surface area contributed by atoms with E-state index in [9.17, 15) is 24.3 Å². The molecule has 1 unspecified atom stereocenters. The first-order valence-electron chi connectivity index (χ1n) is 20.3. The summed E-state index contributed by atoms with van der Waals surface area (Å²) in [5.41, 5.74) is 9.14. The number of piperazine rings is 1. The van der Waals surface area contributed by atoms with Crippen LogP contribution in [0.25, 0.3) is 11.0 Å². The number of fused-ring (bicyclic) bond motifs is 1. The molecule has 1 atom stereocenters. The van der Waals surface area contributed by atoms with Crippen molar-refractivity contribution in [1.82, 2.24) is 35.0 Å². The Kier molecular flexibility index (Phi) is 17.8. The number of rotatable bonds is 23. The zero-order chi connectivity index (χ0) is 42.1. The molecule has 0 spiro atoms. The molecule has 1 aliphatic rings. The van der Waals surface area contributed by atoms with Gasteiger partial charge in [-0.15, -0.1) is 0 Å². The molecule has 0 radical (unpaired) electrons. The minimum Gasteiger partial charge on any atom is -0.496 e. The smallest absolute Gasteiger partial charge is 0.408 e. The molecular formula is C41H63N9O8. The second kappa shape index (κ2) is 22.7. The number of nitrogens with two attached hydrogens (primary N) is 1. The van der Waals surface area contributed by atoms with Gasteiger partial charge in [-0.1, -0.05) is 31.9 Å². The van der Waals surface area contributed by atoms with E-state index in [1.54, 1.807) is 27.9 Å². The highest BCUT2D eigenvalue weighted by Crippen LogP contribution is 2.28.